The number of benzene rings is 1. The normalized spacial score (nSPS) is 15.0. The van der Waals surface area contributed by atoms with Crippen LogP contribution in [0.5, 0.6) is 0 Å². The van der Waals surface area contributed by atoms with E-state index < -0.39 is 0 Å². The Morgan fingerprint density at radius 3 is 2.43 bits per heavy atom. The number of aromatic nitrogens is 4. The van der Waals surface area contributed by atoms with Gasteiger partial charge in [-0.3, -0.25) is 9.89 Å². The molecule has 1 amide bonds. The van der Waals surface area contributed by atoms with Crippen molar-refractivity contribution in [1.82, 2.24) is 25.1 Å². The van der Waals surface area contributed by atoms with E-state index in [1.807, 2.05) is 36.0 Å². The van der Waals surface area contributed by atoms with Gasteiger partial charge >= 0.3 is 0 Å². The lowest BCUT2D eigenvalue weighted by Crippen LogP contribution is -2.48. The van der Waals surface area contributed by atoms with Crippen LogP contribution < -0.4 is 9.80 Å². The van der Waals surface area contributed by atoms with Crippen LogP contribution >= 0.6 is 0 Å². The zero-order valence-electron chi connectivity index (χ0n) is 18.3. The zero-order valence-corrected chi connectivity index (χ0v) is 18.3. The van der Waals surface area contributed by atoms with Crippen molar-refractivity contribution in [3.05, 3.63) is 42.0 Å². The van der Waals surface area contributed by atoms with Gasteiger partial charge in [0, 0.05) is 62.5 Å². The van der Waals surface area contributed by atoms with Crippen molar-refractivity contribution in [3.8, 4) is 0 Å². The number of nitrogens with zero attached hydrogens (tertiary/aromatic N) is 6. The van der Waals surface area contributed by atoms with Crippen LogP contribution in [0.2, 0.25) is 0 Å². The molecule has 1 aliphatic rings. The number of hydrogen-bond acceptors (Lipinski definition) is 6. The Labute approximate surface area is 176 Å². The number of fused-ring (bicyclic) bond motifs is 1. The molecule has 0 unspecified atom stereocenters. The third kappa shape index (κ3) is 3.81. The average molecular weight is 408 g/mol. The molecule has 0 radical (unpaired) electrons. The zero-order chi connectivity index (χ0) is 21.5. The monoisotopic (exact) mass is 407 g/mol. The molecule has 4 rings (SSSR count). The largest absolute Gasteiger partial charge is 0.368 e. The van der Waals surface area contributed by atoms with Crippen molar-refractivity contribution < 1.29 is 4.79 Å². The van der Waals surface area contributed by atoms with Gasteiger partial charge in [-0.05, 0) is 24.3 Å². The number of nitrogens with one attached hydrogen (secondary N) is 1. The van der Waals surface area contributed by atoms with E-state index in [-0.39, 0.29) is 11.3 Å². The van der Waals surface area contributed by atoms with E-state index in [0.717, 1.165) is 41.2 Å². The Balaban J connectivity index is 1.47. The van der Waals surface area contributed by atoms with Crippen LogP contribution in [-0.4, -0.2) is 71.2 Å². The van der Waals surface area contributed by atoms with Crippen LogP contribution in [-0.2, 0) is 5.41 Å². The molecule has 1 aliphatic heterocycles. The maximum atomic E-state index is 12.9. The fraction of sp³-hybridized carbons (Fsp3) is 0.455. The molecular weight excluding hydrogens is 378 g/mol. The van der Waals surface area contributed by atoms with Gasteiger partial charge in [0.2, 0.25) is 0 Å². The van der Waals surface area contributed by atoms with Gasteiger partial charge in [0.1, 0.15) is 17.8 Å². The summed E-state index contributed by atoms with van der Waals surface area (Å²) in [6.07, 6.45) is 1.60. The van der Waals surface area contributed by atoms with E-state index in [4.69, 9.17) is 0 Å². The SMILES string of the molecule is CN(C)c1ncnc2ccc(N3CCN(C(=O)c4cc(C(C)(C)C)[nH]n4)CC3)cc12. The van der Waals surface area contributed by atoms with Crippen LogP contribution in [0.25, 0.3) is 10.9 Å². The standard InChI is InChI=1S/C22H29N7O/c1-22(2,3)19-13-18(25-26-19)21(30)29-10-8-28(9-11-29)15-6-7-17-16(12-15)20(27(4)5)24-14-23-17/h6-7,12-14H,8-11H2,1-5H3,(H,25,26). The van der Waals surface area contributed by atoms with Crippen molar-refractivity contribution in [3.63, 3.8) is 0 Å². The van der Waals surface area contributed by atoms with Crippen molar-refractivity contribution in [2.24, 2.45) is 0 Å². The number of carbonyl (C=O) groups is 1. The summed E-state index contributed by atoms with van der Waals surface area (Å²) < 4.78 is 0. The number of hydrogen-bond donors (Lipinski definition) is 1. The van der Waals surface area contributed by atoms with E-state index in [1.54, 1.807) is 6.33 Å². The molecule has 0 bridgehead atoms. The molecule has 0 aliphatic carbocycles. The summed E-state index contributed by atoms with van der Waals surface area (Å²) >= 11 is 0. The smallest absolute Gasteiger partial charge is 0.274 e. The Morgan fingerprint density at radius 2 is 1.80 bits per heavy atom. The lowest BCUT2D eigenvalue weighted by Gasteiger charge is -2.36. The number of aromatic amines is 1. The number of anilines is 2. The van der Waals surface area contributed by atoms with Crippen LogP contribution in [0.15, 0.2) is 30.6 Å². The first-order valence-electron chi connectivity index (χ1n) is 10.3. The minimum absolute atomic E-state index is 0.0109. The predicted molar refractivity (Wildman–Crippen MR) is 119 cm³/mol. The summed E-state index contributed by atoms with van der Waals surface area (Å²) in [5.41, 5.74) is 3.46. The van der Waals surface area contributed by atoms with Gasteiger partial charge in [-0.15, -0.1) is 0 Å². The highest BCUT2D eigenvalue weighted by Crippen LogP contribution is 2.27. The second kappa shape index (κ2) is 7.59. The maximum absolute atomic E-state index is 12.9. The van der Waals surface area contributed by atoms with E-state index in [1.165, 1.54) is 0 Å². The Hall–Kier alpha value is -3.16. The molecule has 0 saturated carbocycles. The van der Waals surface area contributed by atoms with E-state index in [9.17, 15) is 4.79 Å². The molecule has 8 nitrogen and oxygen atoms in total. The number of amides is 1. The van der Waals surface area contributed by atoms with Gasteiger partial charge < -0.3 is 14.7 Å². The summed E-state index contributed by atoms with van der Waals surface area (Å²) in [4.78, 5) is 27.9. The quantitative estimate of drug-likeness (QED) is 0.719. The molecule has 3 aromatic rings. The molecule has 2 aromatic heterocycles. The lowest BCUT2D eigenvalue weighted by atomic mass is 9.92. The van der Waals surface area contributed by atoms with Crippen molar-refractivity contribution in [2.75, 3.05) is 50.1 Å². The van der Waals surface area contributed by atoms with Gasteiger partial charge in [0.15, 0.2) is 0 Å². The molecule has 0 atom stereocenters. The molecule has 8 heteroatoms. The predicted octanol–water partition coefficient (Wildman–Crippen LogP) is 2.68. The second-order valence-corrected chi connectivity index (χ2v) is 8.99. The lowest BCUT2D eigenvalue weighted by molar-refractivity contribution is 0.0741. The molecule has 30 heavy (non-hydrogen) atoms. The van der Waals surface area contributed by atoms with Gasteiger partial charge in [-0.1, -0.05) is 20.8 Å². The average Bonchev–Trinajstić information content (AvgIpc) is 3.23. The Morgan fingerprint density at radius 1 is 1.07 bits per heavy atom. The summed E-state index contributed by atoms with van der Waals surface area (Å²) in [7, 11) is 3.97. The Kier molecular flexibility index (Phi) is 5.09. The third-order valence-electron chi connectivity index (χ3n) is 5.56. The van der Waals surface area contributed by atoms with Crippen LogP contribution in [0, 0.1) is 0 Å². The molecule has 1 aromatic carbocycles. The van der Waals surface area contributed by atoms with Crippen molar-refractivity contribution in [2.45, 2.75) is 26.2 Å². The summed E-state index contributed by atoms with van der Waals surface area (Å²) in [5.74, 6) is 0.895. The molecule has 3 heterocycles. The fourth-order valence-electron chi connectivity index (χ4n) is 3.73. The highest BCUT2D eigenvalue weighted by Gasteiger charge is 2.26. The fourth-order valence-corrected chi connectivity index (χ4v) is 3.73. The summed E-state index contributed by atoms with van der Waals surface area (Å²) in [5, 5.41) is 8.29. The number of H-pyrrole nitrogens is 1. The second-order valence-electron chi connectivity index (χ2n) is 8.99. The topological polar surface area (TPSA) is 81.3 Å². The van der Waals surface area contributed by atoms with Crippen LogP contribution in [0.4, 0.5) is 11.5 Å². The summed E-state index contributed by atoms with van der Waals surface area (Å²) in [6.45, 7) is 9.19. The number of piperazine rings is 1. The highest BCUT2D eigenvalue weighted by atomic mass is 16.2. The first kappa shape index (κ1) is 20.1. The van der Waals surface area contributed by atoms with E-state index in [0.29, 0.717) is 18.8 Å². The van der Waals surface area contributed by atoms with E-state index >= 15 is 0 Å². The molecule has 1 saturated heterocycles. The van der Waals surface area contributed by atoms with Crippen molar-refractivity contribution in [1.29, 1.82) is 0 Å². The summed E-state index contributed by atoms with van der Waals surface area (Å²) in [6, 6.07) is 8.15. The minimum atomic E-state index is -0.0601. The van der Waals surface area contributed by atoms with Gasteiger partial charge in [-0.2, -0.15) is 5.10 Å². The first-order valence-corrected chi connectivity index (χ1v) is 10.3. The van der Waals surface area contributed by atoms with Gasteiger partial charge in [-0.25, -0.2) is 9.97 Å². The Bertz CT molecular complexity index is 1060. The van der Waals surface area contributed by atoms with E-state index in [2.05, 4.69) is 58.0 Å². The minimum Gasteiger partial charge on any atom is -0.368 e. The molecule has 1 N–H and O–H groups in total. The first-order chi connectivity index (χ1) is 14.2. The molecule has 1 fully saturated rings. The molecular formula is C22H29N7O. The molecule has 0 spiro atoms. The number of rotatable bonds is 3. The maximum Gasteiger partial charge on any atom is 0.274 e. The van der Waals surface area contributed by atoms with Crippen molar-refractivity contribution >= 4 is 28.3 Å². The third-order valence-corrected chi connectivity index (χ3v) is 5.56. The van der Waals surface area contributed by atoms with Gasteiger partial charge in [0.25, 0.3) is 5.91 Å². The number of carbonyl (C=O) groups excluding carboxylic acids is 1. The van der Waals surface area contributed by atoms with Crippen LogP contribution in [0.1, 0.15) is 37.0 Å². The van der Waals surface area contributed by atoms with Gasteiger partial charge in [0.05, 0.1) is 5.52 Å². The highest BCUT2D eigenvalue weighted by molar-refractivity contribution is 5.93. The van der Waals surface area contributed by atoms with Crippen LogP contribution in [0.3, 0.4) is 0 Å². The molecule has 158 valence electrons.